The summed E-state index contributed by atoms with van der Waals surface area (Å²) in [6.07, 6.45) is 3.76. The maximum Gasteiger partial charge on any atom is 0.253 e. The van der Waals surface area contributed by atoms with E-state index >= 15 is 0 Å². The first-order valence-corrected chi connectivity index (χ1v) is 11.4. The van der Waals surface area contributed by atoms with Crippen molar-refractivity contribution >= 4 is 21.8 Å². The van der Waals surface area contributed by atoms with Gasteiger partial charge in [-0.1, -0.05) is 0 Å². The molecule has 0 radical (unpaired) electrons. The van der Waals surface area contributed by atoms with Gasteiger partial charge in [0.25, 0.3) is 5.91 Å². The molecule has 0 spiro atoms. The summed E-state index contributed by atoms with van der Waals surface area (Å²) in [5.41, 5.74) is 1.24. The van der Waals surface area contributed by atoms with E-state index in [0.29, 0.717) is 35.9 Å². The van der Waals surface area contributed by atoms with E-state index in [1.807, 2.05) is 25.1 Å². The van der Waals surface area contributed by atoms with Crippen LogP contribution in [0.1, 0.15) is 24.7 Å². The van der Waals surface area contributed by atoms with Gasteiger partial charge in [0.15, 0.2) is 9.84 Å². The molecule has 1 fully saturated rings. The molecule has 2 aliphatic rings. The van der Waals surface area contributed by atoms with Gasteiger partial charge in [-0.05, 0) is 49.8 Å². The van der Waals surface area contributed by atoms with E-state index in [4.69, 9.17) is 13.9 Å². The van der Waals surface area contributed by atoms with E-state index in [2.05, 4.69) is 0 Å². The highest BCUT2D eigenvalue weighted by Crippen LogP contribution is 2.31. The average molecular weight is 417 g/mol. The summed E-state index contributed by atoms with van der Waals surface area (Å²) >= 11 is 0. The van der Waals surface area contributed by atoms with E-state index < -0.39 is 9.84 Å². The normalized spacial score (nSPS) is 19.8. The summed E-state index contributed by atoms with van der Waals surface area (Å²) in [7, 11) is -3.14. The van der Waals surface area contributed by atoms with Crippen LogP contribution in [0.25, 0.3) is 6.08 Å². The third-order valence-corrected chi connectivity index (χ3v) is 6.85. The summed E-state index contributed by atoms with van der Waals surface area (Å²) in [6, 6.07) is 8.63. The zero-order valence-electron chi connectivity index (χ0n) is 16.2. The predicted molar refractivity (Wildman–Crippen MR) is 107 cm³/mol. The number of ether oxygens (including phenoxy) is 2. The Labute approximate surface area is 169 Å². The monoisotopic (exact) mass is 417 g/mol. The number of carbonyl (C=O) groups excluding carboxylic acids is 1. The van der Waals surface area contributed by atoms with Crippen molar-refractivity contribution in [2.24, 2.45) is 0 Å². The third-order valence-electron chi connectivity index (χ3n) is 5.10. The van der Waals surface area contributed by atoms with E-state index in [1.54, 1.807) is 23.1 Å². The van der Waals surface area contributed by atoms with Gasteiger partial charge in [0.2, 0.25) is 0 Å². The van der Waals surface area contributed by atoms with Gasteiger partial charge in [-0.2, -0.15) is 0 Å². The van der Waals surface area contributed by atoms with Crippen LogP contribution in [0.3, 0.4) is 0 Å². The number of furan rings is 1. The van der Waals surface area contributed by atoms with Crippen molar-refractivity contribution < 1.29 is 27.1 Å². The highest BCUT2D eigenvalue weighted by Gasteiger charge is 2.36. The molecule has 0 N–H and O–H groups in total. The second-order valence-corrected chi connectivity index (χ2v) is 9.39. The molecule has 8 heteroatoms. The fraction of sp³-hybridized carbons (Fsp3) is 0.381. The summed E-state index contributed by atoms with van der Waals surface area (Å²) < 4.78 is 40.7. The molecule has 4 rings (SSSR count). The number of hydrogen-bond acceptors (Lipinski definition) is 6. The Morgan fingerprint density at radius 3 is 2.86 bits per heavy atom. The Morgan fingerprint density at radius 1 is 1.31 bits per heavy atom. The van der Waals surface area contributed by atoms with Crippen molar-refractivity contribution in [3.05, 3.63) is 53.5 Å². The summed E-state index contributed by atoms with van der Waals surface area (Å²) in [6.45, 7) is 2.80. The Bertz CT molecular complexity index is 1030. The number of amides is 1. The average Bonchev–Trinajstić information content (AvgIpc) is 3.34. The molecule has 1 unspecified atom stereocenters. The van der Waals surface area contributed by atoms with Crippen LogP contribution in [0.15, 0.2) is 46.6 Å². The third kappa shape index (κ3) is 4.32. The van der Waals surface area contributed by atoms with Gasteiger partial charge >= 0.3 is 0 Å². The first-order chi connectivity index (χ1) is 13.9. The van der Waals surface area contributed by atoms with Crippen LogP contribution in [-0.2, 0) is 21.2 Å². The molecule has 1 aromatic carbocycles. The Hall–Kier alpha value is -2.74. The Balaban J connectivity index is 1.62. The largest absolute Gasteiger partial charge is 0.494 e. The molecule has 0 saturated carbocycles. The molecule has 2 aromatic rings. The fourth-order valence-corrected chi connectivity index (χ4v) is 5.41. The predicted octanol–water partition coefficient (Wildman–Crippen LogP) is 2.67. The second kappa shape index (κ2) is 7.94. The van der Waals surface area contributed by atoms with Crippen molar-refractivity contribution in [3.63, 3.8) is 0 Å². The fourth-order valence-electron chi connectivity index (χ4n) is 3.68. The number of sulfone groups is 1. The standard InChI is InChI=1S/C21H23NO6S/c1-2-26-18-5-6-20-15(11-18)10-16(13-28-20)21(23)22(12-19-4-3-8-27-19)17-7-9-29(24,25)14-17/h3-6,8,10-11,17H,2,7,9,12-14H2,1H3. The molecule has 1 atom stereocenters. The van der Waals surface area contributed by atoms with Crippen LogP contribution in [0, 0.1) is 0 Å². The Kier molecular flexibility index (Phi) is 5.36. The molecule has 1 aromatic heterocycles. The summed E-state index contributed by atoms with van der Waals surface area (Å²) in [5, 5.41) is 0. The number of hydrogen-bond donors (Lipinski definition) is 0. The molecule has 1 saturated heterocycles. The molecule has 3 heterocycles. The molecule has 7 nitrogen and oxygen atoms in total. The van der Waals surface area contributed by atoms with Crippen LogP contribution in [0.5, 0.6) is 11.5 Å². The van der Waals surface area contributed by atoms with Crippen molar-refractivity contribution in [1.82, 2.24) is 4.90 Å². The quantitative estimate of drug-likeness (QED) is 0.718. The second-order valence-electron chi connectivity index (χ2n) is 7.16. The lowest BCUT2D eigenvalue weighted by Crippen LogP contribution is -2.42. The van der Waals surface area contributed by atoms with Gasteiger partial charge < -0.3 is 18.8 Å². The van der Waals surface area contributed by atoms with Gasteiger partial charge in [0.05, 0.1) is 36.5 Å². The van der Waals surface area contributed by atoms with Gasteiger partial charge in [0, 0.05) is 11.6 Å². The van der Waals surface area contributed by atoms with Crippen molar-refractivity contribution in [2.75, 3.05) is 24.7 Å². The highest BCUT2D eigenvalue weighted by atomic mass is 32.2. The van der Waals surface area contributed by atoms with E-state index in [9.17, 15) is 13.2 Å². The van der Waals surface area contributed by atoms with Crippen LogP contribution in [0.4, 0.5) is 0 Å². The summed E-state index contributed by atoms with van der Waals surface area (Å²) in [5.74, 6) is 1.82. The van der Waals surface area contributed by atoms with Gasteiger partial charge in [-0.15, -0.1) is 0 Å². The number of rotatable bonds is 6. The SMILES string of the molecule is CCOc1ccc2c(c1)C=C(C(=O)N(Cc1ccco1)C1CCS(=O)(=O)C1)CO2. The van der Waals surface area contributed by atoms with E-state index in [0.717, 1.165) is 5.56 Å². The lowest BCUT2D eigenvalue weighted by Gasteiger charge is -2.29. The summed E-state index contributed by atoms with van der Waals surface area (Å²) in [4.78, 5) is 14.9. The maximum atomic E-state index is 13.4. The number of nitrogens with zero attached hydrogens (tertiary/aromatic N) is 1. The van der Waals surface area contributed by atoms with Crippen molar-refractivity contribution in [2.45, 2.75) is 25.9 Å². The molecule has 0 aliphatic carbocycles. The number of carbonyl (C=O) groups is 1. The van der Waals surface area contributed by atoms with Crippen molar-refractivity contribution in [3.8, 4) is 11.5 Å². The van der Waals surface area contributed by atoms with Crippen LogP contribution < -0.4 is 9.47 Å². The minimum Gasteiger partial charge on any atom is -0.494 e. The van der Waals surface area contributed by atoms with Gasteiger partial charge in [0.1, 0.15) is 23.9 Å². The van der Waals surface area contributed by atoms with Crippen LogP contribution >= 0.6 is 0 Å². The zero-order valence-corrected chi connectivity index (χ0v) is 17.0. The van der Waals surface area contributed by atoms with Crippen LogP contribution in [0.2, 0.25) is 0 Å². The first-order valence-electron chi connectivity index (χ1n) is 9.59. The van der Waals surface area contributed by atoms with E-state index in [-0.39, 0.29) is 36.6 Å². The maximum absolute atomic E-state index is 13.4. The van der Waals surface area contributed by atoms with Gasteiger partial charge in [-0.25, -0.2) is 8.42 Å². The molecule has 154 valence electrons. The number of benzene rings is 1. The topological polar surface area (TPSA) is 86.0 Å². The molecule has 0 bridgehead atoms. The molecular weight excluding hydrogens is 394 g/mol. The minimum atomic E-state index is -3.14. The molecule has 1 amide bonds. The lowest BCUT2D eigenvalue weighted by molar-refractivity contribution is -0.130. The van der Waals surface area contributed by atoms with Crippen molar-refractivity contribution in [1.29, 1.82) is 0 Å². The van der Waals surface area contributed by atoms with Crippen LogP contribution in [-0.4, -0.2) is 50.0 Å². The van der Waals surface area contributed by atoms with Gasteiger partial charge in [-0.3, -0.25) is 4.79 Å². The molecular formula is C21H23NO6S. The molecule has 2 aliphatic heterocycles. The minimum absolute atomic E-state index is 0.0291. The Morgan fingerprint density at radius 2 is 2.17 bits per heavy atom. The first kappa shape index (κ1) is 19.6. The smallest absolute Gasteiger partial charge is 0.253 e. The molecule has 29 heavy (non-hydrogen) atoms. The number of fused-ring (bicyclic) bond motifs is 1. The zero-order chi connectivity index (χ0) is 20.4. The highest BCUT2D eigenvalue weighted by molar-refractivity contribution is 7.91. The lowest BCUT2D eigenvalue weighted by atomic mass is 10.0. The van der Waals surface area contributed by atoms with E-state index in [1.165, 1.54) is 6.26 Å².